The fraction of sp³-hybridized carbons (Fsp3) is 0.231. The Kier molecular flexibility index (Phi) is 4.92. The lowest BCUT2D eigenvalue weighted by atomic mass is 10.2. The fourth-order valence-corrected chi connectivity index (χ4v) is 1.34. The van der Waals surface area contributed by atoms with Gasteiger partial charge in [-0.3, -0.25) is 4.79 Å². The Bertz CT molecular complexity index is 464. The molecule has 0 saturated heterocycles. The van der Waals surface area contributed by atoms with E-state index in [0.29, 0.717) is 5.70 Å². The number of allylic oxidation sites excluding steroid dienone is 1. The van der Waals surface area contributed by atoms with E-state index >= 15 is 0 Å². The van der Waals surface area contributed by atoms with E-state index in [2.05, 4.69) is 15.4 Å². The van der Waals surface area contributed by atoms with Crippen molar-refractivity contribution >= 4 is 23.3 Å². The molecule has 0 spiro atoms. The highest BCUT2D eigenvalue weighted by Crippen LogP contribution is 2.15. The number of carbonyl (C=O) groups is 2. The maximum atomic E-state index is 11.0. The van der Waals surface area contributed by atoms with E-state index in [4.69, 9.17) is 0 Å². The number of hydrogen-bond acceptors (Lipinski definition) is 4. The minimum atomic E-state index is -0.408. The van der Waals surface area contributed by atoms with Gasteiger partial charge in [0.15, 0.2) is 0 Å². The summed E-state index contributed by atoms with van der Waals surface area (Å²) in [6.45, 7) is 3.22. The summed E-state index contributed by atoms with van der Waals surface area (Å²) in [6, 6.07) is 7.16. The molecule has 1 aromatic rings. The van der Waals surface area contributed by atoms with E-state index in [9.17, 15) is 9.59 Å². The standard InChI is InChI=1S/C13H16N2O3/c1-9(8-13(17)18-3)14-11-4-6-12(7-5-11)15-10(2)16/h4-8,14H,1-3H3,(H,15,16). The molecule has 0 unspecified atom stereocenters. The van der Waals surface area contributed by atoms with Gasteiger partial charge in [-0.1, -0.05) is 0 Å². The zero-order valence-electron chi connectivity index (χ0n) is 10.6. The first-order valence-corrected chi connectivity index (χ1v) is 5.42. The van der Waals surface area contributed by atoms with Gasteiger partial charge in [-0.2, -0.15) is 0 Å². The average Bonchev–Trinajstić information content (AvgIpc) is 2.30. The Morgan fingerprint density at radius 1 is 1.06 bits per heavy atom. The number of amides is 1. The molecular weight excluding hydrogens is 232 g/mol. The quantitative estimate of drug-likeness (QED) is 0.632. The number of ether oxygens (including phenoxy) is 1. The topological polar surface area (TPSA) is 67.4 Å². The molecule has 1 amide bonds. The Hall–Kier alpha value is -2.30. The van der Waals surface area contributed by atoms with Crippen LogP contribution < -0.4 is 10.6 Å². The number of anilines is 2. The minimum Gasteiger partial charge on any atom is -0.466 e. The molecule has 2 N–H and O–H groups in total. The van der Waals surface area contributed by atoms with Gasteiger partial charge in [-0.15, -0.1) is 0 Å². The second-order valence-electron chi connectivity index (χ2n) is 3.73. The van der Waals surface area contributed by atoms with Crippen LogP contribution in [0, 0.1) is 0 Å². The summed E-state index contributed by atoms with van der Waals surface area (Å²) in [5.41, 5.74) is 2.22. The molecule has 5 nitrogen and oxygen atoms in total. The zero-order valence-corrected chi connectivity index (χ0v) is 10.6. The fourth-order valence-electron chi connectivity index (χ4n) is 1.34. The number of esters is 1. The first-order valence-electron chi connectivity index (χ1n) is 5.42. The normalized spacial score (nSPS) is 10.7. The summed E-state index contributed by atoms with van der Waals surface area (Å²) in [5.74, 6) is -0.521. The molecule has 0 atom stereocenters. The lowest BCUT2D eigenvalue weighted by molar-refractivity contribution is -0.134. The molecule has 5 heteroatoms. The van der Waals surface area contributed by atoms with Crippen molar-refractivity contribution in [3.63, 3.8) is 0 Å². The van der Waals surface area contributed by atoms with Crippen LogP contribution in [0.1, 0.15) is 13.8 Å². The molecule has 0 saturated carbocycles. The molecule has 18 heavy (non-hydrogen) atoms. The van der Waals surface area contributed by atoms with Crippen molar-refractivity contribution in [2.75, 3.05) is 17.7 Å². The van der Waals surface area contributed by atoms with Gasteiger partial charge in [-0.25, -0.2) is 4.79 Å². The van der Waals surface area contributed by atoms with Crippen LogP contribution >= 0.6 is 0 Å². The number of benzene rings is 1. The molecule has 0 aliphatic rings. The predicted molar refractivity (Wildman–Crippen MR) is 70.1 cm³/mol. The van der Waals surface area contributed by atoms with Crippen molar-refractivity contribution < 1.29 is 14.3 Å². The van der Waals surface area contributed by atoms with Crippen molar-refractivity contribution in [1.82, 2.24) is 0 Å². The molecule has 0 fully saturated rings. The third-order valence-corrected chi connectivity index (χ3v) is 2.08. The van der Waals surface area contributed by atoms with Crippen molar-refractivity contribution in [3.05, 3.63) is 36.0 Å². The summed E-state index contributed by atoms with van der Waals surface area (Å²) in [4.78, 5) is 21.8. The van der Waals surface area contributed by atoms with E-state index in [-0.39, 0.29) is 5.91 Å². The highest BCUT2D eigenvalue weighted by atomic mass is 16.5. The summed E-state index contributed by atoms with van der Waals surface area (Å²) in [7, 11) is 1.33. The number of carbonyl (C=O) groups excluding carboxylic acids is 2. The van der Waals surface area contributed by atoms with Crippen LogP contribution in [0.2, 0.25) is 0 Å². The van der Waals surface area contributed by atoms with Gasteiger partial charge in [0.2, 0.25) is 5.91 Å². The van der Waals surface area contributed by atoms with Crippen molar-refractivity contribution in [3.8, 4) is 0 Å². The van der Waals surface area contributed by atoms with Crippen LogP contribution in [0.3, 0.4) is 0 Å². The van der Waals surface area contributed by atoms with Crippen LogP contribution in [-0.2, 0) is 14.3 Å². The summed E-state index contributed by atoms with van der Waals surface area (Å²) < 4.78 is 4.52. The third-order valence-electron chi connectivity index (χ3n) is 2.08. The van der Waals surface area contributed by atoms with Gasteiger partial charge < -0.3 is 15.4 Å². The van der Waals surface area contributed by atoms with E-state index in [1.54, 1.807) is 31.2 Å². The molecule has 1 aromatic carbocycles. The minimum absolute atomic E-state index is 0.113. The van der Waals surface area contributed by atoms with Crippen LogP contribution in [0.5, 0.6) is 0 Å². The third kappa shape index (κ3) is 4.69. The first-order chi connectivity index (χ1) is 8.51. The van der Waals surface area contributed by atoms with E-state index in [1.165, 1.54) is 20.1 Å². The number of rotatable bonds is 4. The van der Waals surface area contributed by atoms with Gasteiger partial charge in [0.05, 0.1) is 7.11 Å². The summed E-state index contributed by atoms with van der Waals surface area (Å²) >= 11 is 0. The van der Waals surface area contributed by atoms with Crippen molar-refractivity contribution in [2.24, 2.45) is 0 Å². The molecule has 0 aromatic heterocycles. The predicted octanol–water partition coefficient (Wildman–Crippen LogP) is 2.13. The zero-order chi connectivity index (χ0) is 13.5. The lowest BCUT2D eigenvalue weighted by Crippen LogP contribution is -2.06. The molecule has 1 rings (SSSR count). The highest BCUT2D eigenvalue weighted by Gasteiger charge is 1.99. The largest absolute Gasteiger partial charge is 0.466 e. The van der Waals surface area contributed by atoms with Crippen LogP contribution in [0.25, 0.3) is 0 Å². The molecule has 0 aliphatic heterocycles. The van der Waals surface area contributed by atoms with Gasteiger partial charge in [-0.05, 0) is 31.2 Å². The van der Waals surface area contributed by atoms with Gasteiger partial charge >= 0.3 is 5.97 Å². The number of nitrogens with one attached hydrogen (secondary N) is 2. The summed E-state index contributed by atoms with van der Waals surface area (Å²) in [5, 5.41) is 5.71. The van der Waals surface area contributed by atoms with Crippen LogP contribution in [-0.4, -0.2) is 19.0 Å². The van der Waals surface area contributed by atoms with Crippen molar-refractivity contribution in [2.45, 2.75) is 13.8 Å². The monoisotopic (exact) mass is 248 g/mol. The number of methoxy groups -OCH3 is 1. The maximum absolute atomic E-state index is 11.0. The second kappa shape index (κ2) is 6.44. The Labute approximate surface area is 106 Å². The van der Waals surface area contributed by atoms with Crippen LogP contribution in [0.15, 0.2) is 36.0 Å². The van der Waals surface area contributed by atoms with Gasteiger partial charge in [0.1, 0.15) is 0 Å². The molecular formula is C13H16N2O3. The van der Waals surface area contributed by atoms with E-state index in [0.717, 1.165) is 11.4 Å². The Balaban J connectivity index is 2.66. The second-order valence-corrected chi connectivity index (χ2v) is 3.73. The molecule has 96 valence electrons. The summed E-state index contributed by atoms with van der Waals surface area (Å²) in [6.07, 6.45) is 1.36. The maximum Gasteiger partial charge on any atom is 0.332 e. The Morgan fingerprint density at radius 3 is 2.00 bits per heavy atom. The van der Waals surface area contributed by atoms with E-state index in [1.807, 2.05) is 0 Å². The lowest BCUT2D eigenvalue weighted by Gasteiger charge is -2.07. The average molecular weight is 248 g/mol. The smallest absolute Gasteiger partial charge is 0.332 e. The SMILES string of the molecule is COC(=O)C=C(C)Nc1ccc(NC(C)=O)cc1. The molecule has 0 heterocycles. The molecule has 0 bridgehead atoms. The molecule has 0 aliphatic carbocycles. The van der Waals surface area contributed by atoms with Crippen LogP contribution in [0.4, 0.5) is 11.4 Å². The Morgan fingerprint density at radius 2 is 1.56 bits per heavy atom. The highest BCUT2D eigenvalue weighted by molar-refractivity contribution is 5.88. The van der Waals surface area contributed by atoms with Gasteiger partial charge in [0, 0.05) is 30.1 Å². The number of hydrogen-bond donors (Lipinski definition) is 2. The van der Waals surface area contributed by atoms with E-state index < -0.39 is 5.97 Å². The first kappa shape index (κ1) is 13.8. The van der Waals surface area contributed by atoms with Crippen molar-refractivity contribution in [1.29, 1.82) is 0 Å². The van der Waals surface area contributed by atoms with Gasteiger partial charge in [0.25, 0.3) is 0 Å². The molecule has 0 radical (unpaired) electrons.